The number of hydrogen-bond donors (Lipinski definition) is 1. The summed E-state index contributed by atoms with van der Waals surface area (Å²) in [6.45, 7) is 4.18. The van der Waals surface area contributed by atoms with Crippen molar-refractivity contribution in [3.8, 4) is 0 Å². The zero-order valence-corrected chi connectivity index (χ0v) is 22.1. The van der Waals surface area contributed by atoms with E-state index >= 15 is 0 Å². The molecule has 3 rings (SSSR count). The number of carbonyl (C=O) groups is 2. The van der Waals surface area contributed by atoms with Gasteiger partial charge in [-0.2, -0.15) is 0 Å². The smallest absolute Gasteiger partial charge is 0.243 e. The summed E-state index contributed by atoms with van der Waals surface area (Å²) in [6.07, 6.45) is 1.31. The zero-order valence-electron chi connectivity index (χ0n) is 19.8. The highest BCUT2D eigenvalue weighted by atomic mass is 35.5. The summed E-state index contributed by atoms with van der Waals surface area (Å²) in [7, 11) is 0. The molecule has 35 heavy (non-hydrogen) atoms. The Morgan fingerprint density at radius 1 is 0.857 bits per heavy atom. The Morgan fingerprint density at radius 2 is 1.51 bits per heavy atom. The summed E-state index contributed by atoms with van der Waals surface area (Å²) in [5, 5.41) is 4.50. The van der Waals surface area contributed by atoms with Gasteiger partial charge in [-0.05, 0) is 54.3 Å². The van der Waals surface area contributed by atoms with Crippen LogP contribution in [-0.4, -0.2) is 28.8 Å². The second-order valence-electron chi connectivity index (χ2n) is 8.60. The van der Waals surface area contributed by atoms with Crippen LogP contribution in [0.4, 0.5) is 0 Å². The van der Waals surface area contributed by atoms with E-state index in [4.69, 9.17) is 34.8 Å². The molecule has 3 aromatic rings. The van der Waals surface area contributed by atoms with Crippen molar-refractivity contribution in [3.63, 3.8) is 0 Å². The second kappa shape index (κ2) is 13.0. The van der Waals surface area contributed by atoms with Crippen molar-refractivity contribution < 1.29 is 9.59 Å². The van der Waals surface area contributed by atoms with Crippen molar-refractivity contribution in [2.75, 3.05) is 0 Å². The van der Waals surface area contributed by atoms with Gasteiger partial charge in [0.15, 0.2) is 0 Å². The molecular weight excluding hydrogens is 503 g/mol. The van der Waals surface area contributed by atoms with E-state index in [-0.39, 0.29) is 30.8 Å². The van der Waals surface area contributed by atoms with Crippen LogP contribution in [0.1, 0.15) is 37.0 Å². The molecule has 7 heteroatoms. The first-order valence-electron chi connectivity index (χ1n) is 11.6. The molecule has 0 unspecified atom stereocenters. The Balaban J connectivity index is 1.98. The zero-order chi connectivity index (χ0) is 25.4. The summed E-state index contributed by atoms with van der Waals surface area (Å²) in [5.41, 5.74) is 2.58. The van der Waals surface area contributed by atoms with Crippen molar-refractivity contribution in [2.45, 2.75) is 51.7 Å². The molecule has 0 aromatic heterocycles. The fourth-order valence-electron chi connectivity index (χ4n) is 3.71. The lowest BCUT2D eigenvalue weighted by molar-refractivity contribution is -0.141. The number of carbonyl (C=O) groups excluding carboxylic acids is 2. The summed E-state index contributed by atoms with van der Waals surface area (Å²) >= 11 is 18.4. The Morgan fingerprint density at radius 3 is 2.14 bits per heavy atom. The number of halogens is 3. The predicted octanol–water partition coefficient (Wildman–Crippen LogP) is 6.74. The quantitative estimate of drug-likeness (QED) is 0.315. The molecule has 0 radical (unpaired) electrons. The topological polar surface area (TPSA) is 49.4 Å². The van der Waals surface area contributed by atoms with Gasteiger partial charge in [0.05, 0.1) is 16.5 Å². The molecule has 0 saturated heterocycles. The van der Waals surface area contributed by atoms with Gasteiger partial charge in [-0.1, -0.05) is 90.3 Å². The highest BCUT2D eigenvalue weighted by molar-refractivity contribution is 6.42. The highest BCUT2D eigenvalue weighted by Crippen LogP contribution is 2.25. The summed E-state index contributed by atoms with van der Waals surface area (Å²) in [5.74, 6) is -0.355. The minimum absolute atomic E-state index is 0.0148. The van der Waals surface area contributed by atoms with Gasteiger partial charge in [0.2, 0.25) is 11.8 Å². The number of amides is 2. The first-order valence-corrected chi connectivity index (χ1v) is 12.7. The number of benzene rings is 3. The van der Waals surface area contributed by atoms with Crippen LogP contribution < -0.4 is 5.32 Å². The molecule has 0 bridgehead atoms. The molecule has 3 aromatic carbocycles. The van der Waals surface area contributed by atoms with E-state index in [0.29, 0.717) is 21.5 Å². The maximum absolute atomic E-state index is 13.7. The third-order valence-corrected chi connectivity index (χ3v) is 6.87. The fraction of sp³-hybridized carbons (Fsp3) is 0.286. The Hall–Kier alpha value is -2.53. The van der Waals surface area contributed by atoms with Crippen LogP contribution >= 0.6 is 34.8 Å². The van der Waals surface area contributed by atoms with Gasteiger partial charge < -0.3 is 10.2 Å². The first kappa shape index (κ1) is 27.1. The molecule has 0 heterocycles. The predicted molar refractivity (Wildman–Crippen MR) is 144 cm³/mol. The van der Waals surface area contributed by atoms with E-state index in [0.717, 1.165) is 23.1 Å². The van der Waals surface area contributed by atoms with Crippen molar-refractivity contribution in [2.24, 2.45) is 0 Å². The third kappa shape index (κ3) is 7.99. The minimum atomic E-state index is -0.708. The van der Waals surface area contributed by atoms with Crippen LogP contribution in [0.25, 0.3) is 0 Å². The Kier molecular flexibility index (Phi) is 10.0. The molecule has 1 N–H and O–H groups in total. The van der Waals surface area contributed by atoms with Crippen molar-refractivity contribution in [3.05, 3.63) is 105 Å². The van der Waals surface area contributed by atoms with Crippen LogP contribution in [0.2, 0.25) is 15.1 Å². The maximum Gasteiger partial charge on any atom is 0.243 e. The van der Waals surface area contributed by atoms with Crippen LogP contribution in [-0.2, 0) is 29.0 Å². The van der Waals surface area contributed by atoms with Gasteiger partial charge in [-0.25, -0.2) is 0 Å². The SMILES string of the molecule is CC[C@H](C)NC(=O)[C@@H](Cc1ccccc1)N(Cc1ccc(Cl)c(Cl)c1)C(=O)Cc1ccc(Cl)cc1. The van der Waals surface area contributed by atoms with Crippen LogP contribution in [0, 0.1) is 0 Å². The van der Waals surface area contributed by atoms with Crippen molar-refractivity contribution in [1.29, 1.82) is 0 Å². The lowest BCUT2D eigenvalue weighted by Crippen LogP contribution is -2.52. The van der Waals surface area contributed by atoms with Crippen molar-refractivity contribution in [1.82, 2.24) is 10.2 Å². The molecule has 0 fully saturated rings. The molecule has 0 aliphatic heterocycles. The van der Waals surface area contributed by atoms with E-state index in [2.05, 4.69) is 5.32 Å². The molecule has 4 nitrogen and oxygen atoms in total. The van der Waals surface area contributed by atoms with E-state index in [1.54, 1.807) is 29.2 Å². The molecule has 0 aliphatic rings. The Bertz CT molecular complexity index is 1140. The molecule has 2 amide bonds. The number of hydrogen-bond acceptors (Lipinski definition) is 2. The van der Waals surface area contributed by atoms with E-state index in [1.165, 1.54) is 0 Å². The lowest BCUT2D eigenvalue weighted by Gasteiger charge is -2.32. The van der Waals surface area contributed by atoms with Crippen LogP contribution in [0.5, 0.6) is 0 Å². The molecule has 2 atom stereocenters. The van der Waals surface area contributed by atoms with Gasteiger partial charge in [0, 0.05) is 24.0 Å². The summed E-state index contributed by atoms with van der Waals surface area (Å²) in [4.78, 5) is 28.8. The fourth-order valence-corrected chi connectivity index (χ4v) is 4.15. The Labute approximate surface area is 222 Å². The number of nitrogens with one attached hydrogen (secondary N) is 1. The second-order valence-corrected chi connectivity index (χ2v) is 9.85. The van der Waals surface area contributed by atoms with Gasteiger partial charge in [-0.15, -0.1) is 0 Å². The summed E-state index contributed by atoms with van der Waals surface area (Å²) < 4.78 is 0. The number of rotatable bonds is 10. The number of nitrogens with zero attached hydrogens (tertiary/aromatic N) is 1. The van der Waals surface area contributed by atoms with Crippen LogP contribution in [0.15, 0.2) is 72.8 Å². The van der Waals surface area contributed by atoms with Gasteiger partial charge in [0.1, 0.15) is 6.04 Å². The van der Waals surface area contributed by atoms with Crippen LogP contribution in [0.3, 0.4) is 0 Å². The molecular formula is C28H29Cl3N2O2. The monoisotopic (exact) mass is 530 g/mol. The average Bonchev–Trinajstić information content (AvgIpc) is 2.85. The normalized spacial score (nSPS) is 12.6. The maximum atomic E-state index is 13.7. The molecule has 0 aliphatic carbocycles. The average molecular weight is 532 g/mol. The molecule has 0 saturated carbocycles. The van der Waals surface area contributed by atoms with E-state index < -0.39 is 6.04 Å². The standard InChI is InChI=1S/C28H29Cl3N2O2/c1-3-19(2)32-28(35)26(16-20-7-5-4-6-8-20)33(18-22-11-14-24(30)25(31)15-22)27(34)17-21-9-12-23(29)13-10-21/h4-15,19,26H,3,16-18H2,1-2H3,(H,32,35)/t19-,26+/m0/s1. The lowest BCUT2D eigenvalue weighted by atomic mass is 10.0. The molecule has 184 valence electrons. The highest BCUT2D eigenvalue weighted by Gasteiger charge is 2.31. The largest absolute Gasteiger partial charge is 0.352 e. The summed E-state index contributed by atoms with van der Waals surface area (Å²) in [6, 6.07) is 21.4. The third-order valence-electron chi connectivity index (χ3n) is 5.88. The van der Waals surface area contributed by atoms with Crippen molar-refractivity contribution >= 4 is 46.6 Å². The minimum Gasteiger partial charge on any atom is -0.352 e. The van der Waals surface area contributed by atoms with Gasteiger partial charge >= 0.3 is 0 Å². The van der Waals surface area contributed by atoms with E-state index in [9.17, 15) is 9.59 Å². The van der Waals surface area contributed by atoms with Gasteiger partial charge in [0.25, 0.3) is 0 Å². The molecule has 0 spiro atoms. The first-order chi connectivity index (χ1) is 16.8. The van der Waals surface area contributed by atoms with E-state index in [1.807, 2.05) is 62.4 Å². The van der Waals surface area contributed by atoms with Gasteiger partial charge in [-0.3, -0.25) is 9.59 Å².